The maximum Gasteiger partial charge on any atom is 0.276 e. The maximum atomic E-state index is 12.3. The van der Waals surface area contributed by atoms with E-state index in [1.807, 2.05) is 13.0 Å². The van der Waals surface area contributed by atoms with Crippen LogP contribution in [0.3, 0.4) is 0 Å². The maximum absolute atomic E-state index is 12.3. The minimum absolute atomic E-state index is 0.184. The normalized spacial score (nSPS) is 23.1. The van der Waals surface area contributed by atoms with Crippen molar-refractivity contribution in [1.82, 2.24) is 15.1 Å². The summed E-state index contributed by atoms with van der Waals surface area (Å²) in [5.41, 5.74) is 4.57. The van der Waals surface area contributed by atoms with Gasteiger partial charge in [-0.05, 0) is 76.4 Å². The molecule has 4 rings (SSSR count). The van der Waals surface area contributed by atoms with Crippen LogP contribution >= 0.6 is 0 Å². The number of nitrogens with one attached hydrogen (secondary N) is 2. The van der Waals surface area contributed by atoms with Crippen molar-refractivity contribution in [1.29, 1.82) is 0 Å². The van der Waals surface area contributed by atoms with Crippen LogP contribution in [-0.4, -0.2) is 52.7 Å². The summed E-state index contributed by atoms with van der Waals surface area (Å²) in [4.78, 5) is 17.5. The molecular weight excluding hydrogens is 338 g/mol. The molecule has 2 aromatic rings. The average Bonchev–Trinajstić information content (AvgIpc) is 3.36. The summed E-state index contributed by atoms with van der Waals surface area (Å²) in [5, 5.41) is 9.76. The van der Waals surface area contributed by atoms with Crippen LogP contribution in [0, 0.1) is 13.8 Å². The molecule has 2 saturated heterocycles. The highest BCUT2D eigenvalue weighted by Gasteiger charge is 2.33. The van der Waals surface area contributed by atoms with Gasteiger partial charge in [-0.25, -0.2) is 0 Å². The van der Waals surface area contributed by atoms with Crippen molar-refractivity contribution in [3.63, 3.8) is 0 Å². The lowest BCUT2D eigenvalue weighted by molar-refractivity contribution is 0.102. The highest BCUT2D eigenvalue weighted by atomic mass is 16.1. The number of aryl methyl sites for hydroxylation is 2. The topological polar surface area (TPSA) is 64.3 Å². The number of carbonyl (C=O) groups excluding carboxylic acids is 1. The molecule has 2 N–H and O–H groups in total. The Balaban J connectivity index is 1.42. The van der Waals surface area contributed by atoms with Gasteiger partial charge in [0, 0.05) is 42.2 Å². The molecule has 2 atom stereocenters. The first-order valence-electron chi connectivity index (χ1n) is 9.96. The Morgan fingerprint density at radius 3 is 2.74 bits per heavy atom. The first-order chi connectivity index (χ1) is 13.0. The fraction of sp³-hybridized carbons (Fsp3) is 0.524. The number of amides is 1. The molecule has 2 fully saturated rings. The monoisotopic (exact) mass is 367 g/mol. The smallest absolute Gasteiger partial charge is 0.276 e. The lowest BCUT2D eigenvalue weighted by Gasteiger charge is -2.29. The van der Waals surface area contributed by atoms with E-state index in [2.05, 4.69) is 51.3 Å². The van der Waals surface area contributed by atoms with Gasteiger partial charge in [-0.3, -0.25) is 14.8 Å². The molecule has 0 spiro atoms. The third kappa shape index (κ3) is 3.72. The number of aromatic amines is 1. The van der Waals surface area contributed by atoms with Crippen molar-refractivity contribution in [2.45, 2.75) is 52.1 Å². The predicted molar refractivity (Wildman–Crippen MR) is 108 cm³/mol. The third-order valence-corrected chi connectivity index (χ3v) is 5.97. The first-order valence-corrected chi connectivity index (χ1v) is 9.96. The standard InChI is InChI=1S/C21H29N5O/c1-14-11-17(22-21(27)19-12-15(2)23-24-19)6-7-20(14)25-10-8-18(13-25)26-9-4-5-16(26)3/h6-7,11-12,16,18H,4-5,8-10,13H2,1-3H3,(H,22,27)(H,23,24)/t16-,18-/m0/s1. The molecule has 27 heavy (non-hydrogen) atoms. The van der Waals surface area contributed by atoms with E-state index in [-0.39, 0.29) is 5.91 Å². The number of benzene rings is 1. The van der Waals surface area contributed by atoms with Crippen LogP contribution in [0.5, 0.6) is 0 Å². The fourth-order valence-corrected chi connectivity index (χ4v) is 4.55. The molecule has 6 nitrogen and oxygen atoms in total. The van der Waals surface area contributed by atoms with E-state index in [0.29, 0.717) is 11.7 Å². The number of rotatable bonds is 4. The Labute approximate surface area is 160 Å². The number of anilines is 2. The number of nitrogens with zero attached hydrogens (tertiary/aromatic N) is 3. The van der Waals surface area contributed by atoms with Crippen LogP contribution in [0.2, 0.25) is 0 Å². The van der Waals surface area contributed by atoms with Crippen molar-refractivity contribution < 1.29 is 4.79 Å². The Morgan fingerprint density at radius 1 is 1.22 bits per heavy atom. The van der Waals surface area contributed by atoms with Gasteiger partial charge in [-0.2, -0.15) is 5.10 Å². The van der Waals surface area contributed by atoms with Gasteiger partial charge in [0.05, 0.1) is 0 Å². The predicted octanol–water partition coefficient (Wildman–Crippen LogP) is 3.34. The molecule has 144 valence electrons. The lowest BCUT2D eigenvalue weighted by Crippen LogP contribution is -2.39. The zero-order chi connectivity index (χ0) is 19.0. The molecule has 0 aliphatic carbocycles. The van der Waals surface area contributed by atoms with E-state index in [9.17, 15) is 4.79 Å². The number of aromatic nitrogens is 2. The minimum atomic E-state index is -0.184. The molecule has 0 unspecified atom stereocenters. The lowest BCUT2D eigenvalue weighted by atomic mass is 10.1. The summed E-state index contributed by atoms with van der Waals surface area (Å²) < 4.78 is 0. The van der Waals surface area contributed by atoms with Gasteiger partial charge in [0.1, 0.15) is 0 Å². The fourth-order valence-electron chi connectivity index (χ4n) is 4.55. The van der Waals surface area contributed by atoms with Crippen LogP contribution in [-0.2, 0) is 0 Å². The zero-order valence-electron chi connectivity index (χ0n) is 16.5. The van der Waals surface area contributed by atoms with Crippen molar-refractivity contribution in [2.75, 3.05) is 29.9 Å². The molecule has 2 aliphatic heterocycles. The molecule has 1 aromatic heterocycles. The van der Waals surface area contributed by atoms with Crippen molar-refractivity contribution in [3.8, 4) is 0 Å². The van der Waals surface area contributed by atoms with Gasteiger partial charge in [-0.1, -0.05) is 0 Å². The SMILES string of the molecule is Cc1cc(C(=O)Nc2ccc(N3CC[C@H](N4CCC[C@@H]4C)C3)c(C)c2)n[nH]1. The van der Waals surface area contributed by atoms with E-state index in [1.54, 1.807) is 6.07 Å². The molecule has 0 saturated carbocycles. The summed E-state index contributed by atoms with van der Waals surface area (Å²) in [6.45, 7) is 9.82. The first kappa shape index (κ1) is 18.0. The molecule has 3 heterocycles. The molecule has 1 amide bonds. The molecule has 2 aliphatic rings. The number of hydrogen-bond donors (Lipinski definition) is 2. The summed E-state index contributed by atoms with van der Waals surface area (Å²) in [6, 6.07) is 9.32. The summed E-state index contributed by atoms with van der Waals surface area (Å²) in [6.07, 6.45) is 3.90. The van der Waals surface area contributed by atoms with E-state index in [4.69, 9.17) is 0 Å². The number of hydrogen-bond acceptors (Lipinski definition) is 4. The molecule has 0 bridgehead atoms. The van der Waals surface area contributed by atoms with Crippen LogP contribution in [0.15, 0.2) is 24.3 Å². The van der Waals surface area contributed by atoms with E-state index < -0.39 is 0 Å². The number of carbonyl (C=O) groups is 1. The molecule has 0 radical (unpaired) electrons. The van der Waals surface area contributed by atoms with E-state index >= 15 is 0 Å². The van der Waals surface area contributed by atoms with Gasteiger partial charge in [0.15, 0.2) is 5.69 Å². The zero-order valence-corrected chi connectivity index (χ0v) is 16.5. The second kappa shape index (κ2) is 7.35. The highest BCUT2D eigenvalue weighted by molar-refractivity contribution is 6.03. The van der Waals surface area contributed by atoms with Crippen LogP contribution in [0.1, 0.15) is 47.9 Å². The second-order valence-electron chi connectivity index (χ2n) is 8.01. The molecule has 1 aromatic carbocycles. The van der Waals surface area contributed by atoms with Crippen molar-refractivity contribution in [3.05, 3.63) is 41.2 Å². The third-order valence-electron chi connectivity index (χ3n) is 5.97. The molecular formula is C21H29N5O. The summed E-state index contributed by atoms with van der Waals surface area (Å²) in [7, 11) is 0. The van der Waals surface area contributed by atoms with Crippen LogP contribution in [0.4, 0.5) is 11.4 Å². The van der Waals surface area contributed by atoms with Gasteiger partial charge in [0.2, 0.25) is 0 Å². The quantitative estimate of drug-likeness (QED) is 0.870. The van der Waals surface area contributed by atoms with E-state index in [0.717, 1.165) is 30.5 Å². The highest BCUT2D eigenvalue weighted by Crippen LogP contribution is 2.31. The van der Waals surface area contributed by atoms with Crippen LogP contribution in [0.25, 0.3) is 0 Å². The minimum Gasteiger partial charge on any atom is -0.370 e. The van der Waals surface area contributed by atoms with Crippen molar-refractivity contribution >= 4 is 17.3 Å². The summed E-state index contributed by atoms with van der Waals surface area (Å²) >= 11 is 0. The summed E-state index contributed by atoms with van der Waals surface area (Å²) in [5.74, 6) is -0.184. The van der Waals surface area contributed by atoms with E-state index in [1.165, 1.54) is 37.1 Å². The van der Waals surface area contributed by atoms with Crippen LogP contribution < -0.4 is 10.2 Å². The van der Waals surface area contributed by atoms with Gasteiger partial charge >= 0.3 is 0 Å². The largest absolute Gasteiger partial charge is 0.370 e. The second-order valence-corrected chi connectivity index (χ2v) is 8.01. The number of likely N-dealkylation sites (tertiary alicyclic amines) is 1. The van der Waals surface area contributed by atoms with Gasteiger partial charge < -0.3 is 10.2 Å². The number of H-pyrrole nitrogens is 1. The van der Waals surface area contributed by atoms with Crippen molar-refractivity contribution in [2.24, 2.45) is 0 Å². The average molecular weight is 367 g/mol. The Hall–Kier alpha value is -2.34. The molecule has 6 heteroatoms. The Kier molecular flexibility index (Phi) is 4.91. The van der Waals surface area contributed by atoms with Gasteiger partial charge in [-0.15, -0.1) is 0 Å². The Bertz CT molecular complexity index is 830. The Morgan fingerprint density at radius 2 is 2.07 bits per heavy atom. The van der Waals surface area contributed by atoms with Gasteiger partial charge in [0.25, 0.3) is 5.91 Å².